The third-order valence-corrected chi connectivity index (χ3v) is 4.61. The molecule has 3 rings (SSSR count). The third kappa shape index (κ3) is 4.64. The van der Waals surface area contributed by atoms with E-state index in [4.69, 9.17) is 16.3 Å². The van der Waals surface area contributed by atoms with Crippen LogP contribution in [0.5, 0.6) is 0 Å². The van der Waals surface area contributed by atoms with Crippen LogP contribution in [-0.2, 0) is 22.4 Å². The SMILES string of the molecule is COC(C)c1c(CC(=O)Cc2cnc(-n3nccn3)c(Cl)c2)cncc1C(=O)O. The minimum atomic E-state index is -1.12. The molecule has 29 heavy (non-hydrogen) atoms. The predicted molar refractivity (Wildman–Crippen MR) is 103 cm³/mol. The lowest BCUT2D eigenvalue weighted by atomic mass is 9.95. The van der Waals surface area contributed by atoms with Gasteiger partial charge in [-0.05, 0) is 24.1 Å². The molecule has 0 saturated carbocycles. The molecule has 0 fully saturated rings. The minimum Gasteiger partial charge on any atom is -0.478 e. The molecule has 0 aromatic carbocycles. The van der Waals surface area contributed by atoms with Crippen LogP contribution in [0.1, 0.15) is 40.1 Å². The molecule has 0 amide bonds. The number of pyridine rings is 2. The maximum atomic E-state index is 12.6. The van der Waals surface area contributed by atoms with Crippen molar-refractivity contribution in [2.24, 2.45) is 0 Å². The summed E-state index contributed by atoms with van der Waals surface area (Å²) in [6.07, 6.45) is 6.89. The first-order valence-corrected chi connectivity index (χ1v) is 9.04. The van der Waals surface area contributed by atoms with Crippen molar-refractivity contribution in [3.63, 3.8) is 0 Å². The Labute approximate surface area is 171 Å². The van der Waals surface area contributed by atoms with E-state index in [0.29, 0.717) is 27.5 Å². The van der Waals surface area contributed by atoms with Gasteiger partial charge in [0.1, 0.15) is 5.78 Å². The van der Waals surface area contributed by atoms with Gasteiger partial charge in [-0.1, -0.05) is 11.6 Å². The van der Waals surface area contributed by atoms with Crippen LogP contribution in [0, 0.1) is 0 Å². The van der Waals surface area contributed by atoms with Crippen LogP contribution in [0.3, 0.4) is 0 Å². The topological polar surface area (TPSA) is 120 Å². The molecule has 0 spiro atoms. The second-order valence-electron chi connectivity index (χ2n) is 6.30. The second kappa shape index (κ2) is 8.89. The molecule has 1 atom stereocenters. The van der Waals surface area contributed by atoms with E-state index in [2.05, 4.69) is 20.2 Å². The minimum absolute atomic E-state index is 0.0111. The monoisotopic (exact) mass is 415 g/mol. The molecule has 3 aromatic rings. The van der Waals surface area contributed by atoms with Gasteiger partial charge in [0.05, 0.1) is 29.1 Å². The summed E-state index contributed by atoms with van der Waals surface area (Å²) in [4.78, 5) is 33.6. The molecule has 0 aliphatic heterocycles. The van der Waals surface area contributed by atoms with Gasteiger partial charge in [-0.2, -0.15) is 10.2 Å². The average Bonchev–Trinajstić information content (AvgIpc) is 3.21. The van der Waals surface area contributed by atoms with Crippen molar-refractivity contribution < 1.29 is 19.4 Å². The van der Waals surface area contributed by atoms with Crippen molar-refractivity contribution in [1.82, 2.24) is 25.0 Å². The van der Waals surface area contributed by atoms with E-state index < -0.39 is 12.1 Å². The van der Waals surface area contributed by atoms with E-state index in [-0.39, 0.29) is 24.2 Å². The fourth-order valence-electron chi connectivity index (χ4n) is 2.96. The Morgan fingerprint density at radius 2 is 1.93 bits per heavy atom. The van der Waals surface area contributed by atoms with E-state index in [1.807, 2.05) is 0 Å². The Morgan fingerprint density at radius 3 is 2.55 bits per heavy atom. The zero-order valence-corrected chi connectivity index (χ0v) is 16.5. The number of hydrogen-bond acceptors (Lipinski definition) is 7. The lowest BCUT2D eigenvalue weighted by molar-refractivity contribution is -0.117. The number of aromatic nitrogens is 5. The molecular formula is C19H18ClN5O4. The average molecular weight is 416 g/mol. The van der Waals surface area contributed by atoms with Crippen LogP contribution >= 0.6 is 11.6 Å². The number of nitrogens with zero attached hydrogens (tertiary/aromatic N) is 5. The predicted octanol–water partition coefficient (Wildman–Crippen LogP) is 2.47. The number of hydrogen-bond donors (Lipinski definition) is 1. The second-order valence-corrected chi connectivity index (χ2v) is 6.71. The number of halogens is 1. The molecule has 0 saturated heterocycles. The van der Waals surface area contributed by atoms with Crippen molar-refractivity contribution in [3.05, 3.63) is 64.3 Å². The summed E-state index contributed by atoms with van der Waals surface area (Å²) in [7, 11) is 1.48. The van der Waals surface area contributed by atoms with Crippen molar-refractivity contribution in [1.29, 1.82) is 0 Å². The normalized spacial score (nSPS) is 12.0. The van der Waals surface area contributed by atoms with Crippen LogP contribution < -0.4 is 0 Å². The number of rotatable bonds is 8. The first-order valence-electron chi connectivity index (χ1n) is 8.66. The van der Waals surface area contributed by atoms with Crippen LogP contribution in [0.15, 0.2) is 37.1 Å². The number of aromatic carboxylic acids is 1. The quantitative estimate of drug-likeness (QED) is 0.595. The number of carbonyl (C=O) groups is 2. The van der Waals surface area contributed by atoms with Gasteiger partial charge in [-0.15, -0.1) is 4.80 Å². The Balaban J connectivity index is 1.80. The van der Waals surface area contributed by atoms with Gasteiger partial charge < -0.3 is 9.84 Å². The molecular weight excluding hydrogens is 398 g/mol. The van der Waals surface area contributed by atoms with Crippen molar-refractivity contribution in [3.8, 4) is 5.82 Å². The molecule has 0 aliphatic carbocycles. The summed E-state index contributed by atoms with van der Waals surface area (Å²) in [6.45, 7) is 1.72. The highest BCUT2D eigenvalue weighted by Crippen LogP contribution is 2.25. The molecule has 0 radical (unpaired) electrons. The summed E-state index contributed by atoms with van der Waals surface area (Å²) in [5.41, 5.74) is 1.60. The lowest BCUT2D eigenvalue weighted by Gasteiger charge is -2.17. The highest BCUT2D eigenvalue weighted by Gasteiger charge is 2.21. The molecule has 9 nitrogen and oxygen atoms in total. The van der Waals surface area contributed by atoms with Gasteiger partial charge >= 0.3 is 5.97 Å². The van der Waals surface area contributed by atoms with Crippen molar-refractivity contribution >= 4 is 23.4 Å². The fraction of sp³-hybridized carbons (Fsp3) is 0.263. The van der Waals surface area contributed by atoms with E-state index in [1.165, 1.54) is 42.9 Å². The van der Waals surface area contributed by atoms with Crippen molar-refractivity contribution in [2.45, 2.75) is 25.9 Å². The number of ether oxygens (including phenoxy) is 1. The summed E-state index contributed by atoms with van der Waals surface area (Å²) in [5, 5.41) is 17.7. The highest BCUT2D eigenvalue weighted by molar-refractivity contribution is 6.32. The molecule has 1 N–H and O–H groups in total. The maximum Gasteiger partial charge on any atom is 0.337 e. The van der Waals surface area contributed by atoms with Crippen LogP contribution in [0.2, 0.25) is 5.02 Å². The van der Waals surface area contributed by atoms with Gasteiger partial charge in [-0.25, -0.2) is 9.78 Å². The van der Waals surface area contributed by atoms with Crippen molar-refractivity contribution in [2.75, 3.05) is 7.11 Å². The number of carboxylic acids is 1. The largest absolute Gasteiger partial charge is 0.478 e. The summed E-state index contributed by atoms with van der Waals surface area (Å²) >= 11 is 6.24. The Bertz CT molecular complexity index is 1040. The standard InChI is InChI=1S/C19H18ClN5O4/c1-11(29-2)17-13(9-21-10-15(17)19(27)28)7-14(26)5-12-6-16(20)18(22-8-12)25-23-3-4-24-25/h3-4,6,8-11H,5,7H2,1-2H3,(H,27,28). The number of Topliss-reactive ketones (excluding diaryl/α,β-unsaturated/α-hetero) is 1. The van der Waals surface area contributed by atoms with Crippen LogP contribution in [0.25, 0.3) is 5.82 Å². The molecule has 1 unspecified atom stereocenters. The number of carboxylic acid groups (broad SMARTS) is 1. The number of ketones is 1. The number of carbonyl (C=O) groups excluding carboxylic acids is 1. The highest BCUT2D eigenvalue weighted by atomic mass is 35.5. The summed E-state index contributed by atoms with van der Waals surface area (Å²) < 4.78 is 5.29. The molecule has 3 aromatic heterocycles. The molecule has 3 heterocycles. The number of methoxy groups -OCH3 is 1. The fourth-order valence-corrected chi connectivity index (χ4v) is 3.23. The first kappa shape index (κ1) is 20.6. The van der Waals surface area contributed by atoms with Gasteiger partial charge in [0, 0.05) is 44.1 Å². The lowest BCUT2D eigenvalue weighted by Crippen LogP contribution is -2.15. The zero-order valence-electron chi connectivity index (χ0n) is 15.7. The molecule has 10 heteroatoms. The van der Waals surface area contributed by atoms with E-state index in [1.54, 1.807) is 13.0 Å². The summed E-state index contributed by atoms with van der Waals surface area (Å²) in [6, 6.07) is 1.63. The van der Waals surface area contributed by atoms with Gasteiger partial charge in [-0.3, -0.25) is 9.78 Å². The van der Waals surface area contributed by atoms with Crippen LogP contribution in [-0.4, -0.2) is 48.9 Å². The third-order valence-electron chi connectivity index (χ3n) is 4.34. The van der Waals surface area contributed by atoms with Crippen LogP contribution in [0.4, 0.5) is 0 Å². The molecule has 0 bridgehead atoms. The van der Waals surface area contributed by atoms with E-state index >= 15 is 0 Å². The first-order chi connectivity index (χ1) is 13.9. The zero-order chi connectivity index (χ0) is 21.0. The van der Waals surface area contributed by atoms with Gasteiger partial charge in [0.15, 0.2) is 5.82 Å². The van der Waals surface area contributed by atoms with E-state index in [0.717, 1.165) is 0 Å². The Hall–Kier alpha value is -3.17. The molecule has 150 valence electrons. The maximum absolute atomic E-state index is 12.6. The smallest absolute Gasteiger partial charge is 0.337 e. The van der Waals surface area contributed by atoms with Gasteiger partial charge in [0.2, 0.25) is 0 Å². The Morgan fingerprint density at radius 1 is 1.21 bits per heavy atom. The van der Waals surface area contributed by atoms with E-state index in [9.17, 15) is 14.7 Å². The summed E-state index contributed by atoms with van der Waals surface area (Å²) in [5.74, 6) is -0.895. The molecule has 0 aliphatic rings. The Kier molecular flexibility index (Phi) is 6.30. The van der Waals surface area contributed by atoms with Gasteiger partial charge in [0.25, 0.3) is 0 Å².